The van der Waals surface area contributed by atoms with Gasteiger partial charge in [-0.25, -0.2) is 0 Å². The molecule has 1 rings (SSSR count). The molecule has 0 aromatic rings. The van der Waals surface area contributed by atoms with Gasteiger partial charge in [-0.2, -0.15) is 0 Å². The van der Waals surface area contributed by atoms with Crippen LogP contribution in [0, 0.1) is 5.41 Å². The van der Waals surface area contributed by atoms with E-state index in [0.29, 0.717) is 24.8 Å². The lowest BCUT2D eigenvalue weighted by Gasteiger charge is -2.18. The molecule has 0 spiro atoms. The first-order valence-corrected chi connectivity index (χ1v) is 6.52. The molecule has 0 bridgehead atoms. The van der Waals surface area contributed by atoms with Crippen molar-refractivity contribution in [3.8, 4) is 0 Å². The van der Waals surface area contributed by atoms with Gasteiger partial charge in [0.1, 0.15) is 0 Å². The molecule has 0 unspecified atom stereocenters. The first-order chi connectivity index (χ1) is 5.91. The Morgan fingerprint density at radius 2 is 1.77 bits per heavy atom. The molecule has 0 aromatic heterocycles. The minimum Gasteiger partial charge on any atom is -0.306 e. The maximum absolute atomic E-state index is 11.7. The molecular formula is C9H19O3P. The number of rotatable bonds is 3. The fraction of sp³-hybridized carbons (Fsp3) is 1.00. The zero-order valence-electron chi connectivity index (χ0n) is 8.71. The van der Waals surface area contributed by atoms with Crippen LogP contribution >= 0.6 is 7.60 Å². The van der Waals surface area contributed by atoms with Crippen molar-refractivity contribution in [1.82, 2.24) is 0 Å². The Morgan fingerprint density at radius 3 is 2.23 bits per heavy atom. The third-order valence-electron chi connectivity index (χ3n) is 2.02. The maximum atomic E-state index is 11.7. The molecule has 1 fully saturated rings. The van der Waals surface area contributed by atoms with Crippen molar-refractivity contribution in [1.29, 1.82) is 0 Å². The predicted molar refractivity (Wildman–Crippen MR) is 53.1 cm³/mol. The van der Waals surface area contributed by atoms with E-state index in [1.165, 1.54) is 0 Å². The molecular weight excluding hydrogens is 187 g/mol. The lowest BCUT2D eigenvalue weighted by molar-refractivity contribution is 0.337. The van der Waals surface area contributed by atoms with E-state index in [1.54, 1.807) is 0 Å². The van der Waals surface area contributed by atoms with Crippen molar-refractivity contribution in [3.63, 3.8) is 0 Å². The minimum atomic E-state index is -2.66. The lowest BCUT2D eigenvalue weighted by Crippen LogP contribution is -2.05. The number of hydrogen-bond acceptors (Lipinski definition) is 3. The van der Waals surface area contributed by atoms with Gasteiger partial charge in [0.15, 0.2) is 0 Å². The topological polar surface area (TPSA) is 35.5 Å². The van der Waals surface area contributed by atoms with Crippen LogP contribution in [0.15, 0.2) is 0 Å². The summed E-state index contributed by atoms with van der Waals surface area (Å²) in [5.41, 5.74) is 0.304. The standard InChI is InChI=1S/C9H19O3P/c1-9(2,3)5-4-8-13(10)11-6-7-12-13/h4-8H2,1-3H3. The average Bonchev–Trinajstić information content (AvgIpc) is 2.33. The summed E-state index contributed by atoms with van der Waals surface area (Å²) in [6, 6.07) is 0. The Morgan fingerprint density at radius 1 is 1.23 bits per heavy atom. The zero-order valence-corrected chi connectivity index (χ0v) is 9.60. The summed E-state index contributed by atoms with van der Waals surface area (Å²) < 4.78 is 21.8. The zero-order chi connectivity index (χ0) is 9.95. The molecule has 1 aliphatic rings. The summed E-state index contributed by atoms with van der Waals surface area (Å²) in [5.74, 6) is 0. The van der Waals surface area contributed by atoms with Crippen LogP contribution in [0.2, 0.25) is 0 Å². The van der Waals surface area contributed by atoms with Crippen LogP contribution in [0.5, 0.6) is 0 Å². The van der Waals surface area contributed by atoms with Crippen molar-refractivity contribution in [2.75, 3.05) is 19.4 Å². The van der Waals surface area contributed by atoms with Crippen LogP contribution in [0.4, 0.5) is 0 Å². The molecule has 78 valence electrons. The van der Waals surface area contributed by atoms with Gasteiger partial charge in [-0.3, -0.25) is 4.57 Å². The highest BCUT2D eigenvalue weighted by molar-refractivity contribution is 7.54. The molecule has 0 amide bonds. The molecule has 0 saturated carbocycles. The van der Waals surface area contributed by atoms with Gasteiger partial charge < -0.3 is 9.05 Å². The van der Waals surface area contributed by atoms with Gasteiger partial charge in [0.25, 0.3) is 0 Å². The highest BCUT2D eigenvalue weighted by Crippen LogP contribution is 2.52. The lowest BCUT2D eigenvalue weighted by atomic mass is 9.91. The van der Waals surface area contributed by atoms with Crippen LogP contribution in [-0.4, -0.2) is 19.4 Å². The van der Waals surface area contributed by atoms with Crippen LogP contribution in [-0.2, 0) is 13.6 Å². The van der Waals surface area contributed by atoms with Crippen molar-refractivity contribution in [2.24, 2.45) is 5.41 Å². The smallest absolute Gasteiger partial charge is 0.306 e. The van der Waals surface area contributed by atoms with Gasteiger partial charge in [-0.15, -0.1) is 0 Å². The van der Waals surface area contributed by atoms with Crippen LogP contribution in [0.3, 0.4) is 0 Å². The van der Waals surface area contributed by atoms with E-state index < -0.39 is 7.60 Å². The van der Waals surface area contributed by atoms with Crippen LogP contribution < -0.4 is 0 Å². The van der Waals surface area contributed by atoms with E-state index >= 15 is 0 Å². The van der Waals surface area contributed by atoms with Gasteiger partial charge in [0, 0.05) is 0 Å². The summed E-state index contributed by atoms with van der Waals surface area (Å²) in [5, 5.41) is 0. The largest absolute Gasteiger partial charge is 0.330 e. The van der Waals surface area contributed by atoms with Crippen molar-refractivity contribution in [2.45, 2.75) is 33.6 Å². The van der Waals surface area contributed by atoms with Crippen molar-refractivity contribution in [3.05, 3.63) is 0 Å². The molecule has 4 heteroatoms. The van der Waals surface area contributed by atoms with Crippen LogP contribution in [0.1, 0.15) is 33.6 Å². The normalized spacial score (nSPS) is 22.1. The van der Waals surface area contributed by atoms with E-state index in [4.69, 9.17) is 9.05 Å². The Balaban J connectivity index is 2.23. The molecule has 0 radical (unpaired) electrons. The van der Waals surface area contributed by atoms with Gasteiger partial charge in [0.05, 0.1) is 19.4 Å². The second kappa shape index (κ2) is 4.12. The number of hydrogen-bond donors (Lipinski definition) is 0. The molecule has 1 heterocycles. The van der Waals surface area contributed by atoms with E-state index in [1.807, 2.05) is 0 Å². The third kappa shape index (κ3) is 4.26. The van der Waals surface area contributed by atoms with E-state index in [-0.39, 0.29) is 0 Å². The highest BCUT2D eigenvalue weighted by Gasteiger charge is 2.29. The van der Waals surface area contributed by atoms with Gasteiger partial charge >= 0.3 is 7.60 Å². The maximum Gasteiger partial charge on any atom is 0.330 e. The Hall–Kier alpha value is 0.150. The Labute approximate surface area is 80.3 Å². The summed E-state index contributed by atoms with van der Waals surface area (Å²) in [6.45, 7) is 7.53. The molecule has 0 atom stereocenters. The van der Waals surface area contributed by atoms with Crippen LogP contribution in [0.25, 0.3) is 0 Å². The summed E-state index contributed by atoms with van der Waals surface area (Å²) in [7, 11) is -2.66. The Kier molecular flexibility index (Phi) is 3.56. The van der Waals surface area contributed by atoms with E-state index in [2.05, 4.69) is 20.8 Å². The average molecular weight is 206 g/mol. The first-order valence-electron chi connectivity index (χ1n) is 4.79. The summed E-state index contributed by atoms with van der Waals surface area (Å²) >= 11 is 0. The predicted octanol–water partition coefficient (Wildman–Crippen LogP) is 3.05. The summed E-state index contributed by atoms with van der Waals surface area (Å²) in [4.78, 5) is 0. The SMILES string of the molecule is CC(C)(C)CCCP1(=O)OCCO1. The molecule has 13 heavy (non-hydrogen) atoms. The van der Waals surface area contributed by atoms with Crippen molar-refractivity contribution < 1.29 is 13.6 Å². The molecule has 3 nitrogen and oxygen atoms in total. The van der Waals surface area contributed by atoms with E-state index in [9.17, 15) is 4.57 Å². The molecule has 1 aliphatic heterocycles. The quantitative estimate of drug-likeness (QED) is 0.666. The molecule has 0 aromatic carbocycles. The fourth-order valence-electron chi connectivity index (χ4n) is 1.32. The van der Waals surface area contributed by atoms with Gasteiger partial charge in [0.2, 0.25) is 0 Å². The van der Waals surface area contributed by atoms with Gasteiger partial charge in [-0.1, -0.05) is 20.8 Å². The third-order valence-corrected chi connectivity index (χ3v) is 4.03. The summed E-state index contributed by atoms with van der Waals surface area (Å²) in [6.07, 6.45) is 2.55. The minimum absolute atomic E-state index is 0.304. The van der Waals surface area contributed by atoms with E-state index in [0.717, 1.165) is 12.8 Å². The molecule has 1 saturated heterocycles. The fourth-order valence-corrected chi connectivity index (χ4v) is 2.91. The first kappa shape index (κ1) is 11.2. The van der Waals surface area contributed by atoms with Crippen molar-refractivity contribution >= 4 is 7.60 Å². The highest BCUT2D eigenvalue weighted by atomic mass is 31.2. The molecule has 0 aliphatic carbocycles. The second-order valence-electron chi connectivity index (χ2n) is 4.67. The monoisotopic (exact) mass is 206 g/mol. The molecule has 0 N–H and O–H groups in total. The van der Waals surface area contributed by atoms with Gasteiger partial charge in [-0.05, 0) is 18.3 Å². The second-order valence-corrected chi connectivity index (χ2v) is 6.85. The Bertz CT molecular complexity index is 197.